The first-order valence-corrected chi connectivity index (χ1v) is 10.7. The van der Waals surface area contributed by atoms with E-state index in [1.165, 1.54) is 89.9 Å². The van der Waals surface area contributed by atoms with E-state index in [2.05, 4.69) is 26.0 Å². The summed E-state index contributed by atoms with van der Waals surface area (Å²) in [7, 11) is 0. The van der Waals surface area contributed by atoms with E-state index in [1.54, 1.807) is 0 Å². The Kier molecular flexibility index (Phi) is 22.3. The van der Waals surface area contributed by atoms with Crippen LogP contribution in [0.4, 0.5) is 0 Å². The van der Waals surface area contributed by atoms with Crippen LogP contribution in [0.3, 0.4) is 0 Å². The largest absolute Gasteiger partial charge is 0.382 e. The fraction of sp³-hybridized carbons (Fsp3) is 0.909. The van der Waals surface area contributed by atoms with Crippen LogP contribution in [-0.4, -0.2) is 26.4 Å². The molecule has 0 saturated carbocycles. The number of hydrogen-bond donors (Lipinski definition) is 0. The first-order valence-electron chi connectivity index (χ1n) is 10.7. The minimum Gasteiger partial charge on any atom is -0.382 e. The predicted octanol–water partition coefficient (Wildman–Crippen LogP) is 7.08. The highest BCUT2D eigenvalue weighted by molar-refractivity contribution is 4.81. The van der Waals surface area contributed by atoms with Crippen molar-refractivity contribution in [2.75, 3.05) is 26.4 Å². The lowest BCUT2D eigenvalue weighted by molar-refractivity contribution is 0.142. The van der Waals surface area contributed by atoms with E-state index < -0.39 is 0 Å². The van der Waals surface area contributed by atoms with Crippen LogP contribution in [0.2, 0.25) is 0 Å². The molecule has 0 aromatic heterocycles. The summed E-state index contributed by atoms with van der Waals surface area (Å²) < 4.78 is 10.7. The molecule has 0 aromatic carbocycles. The highest BCUT2D eigenvalue weighted by Crippen LogP contribution is 2.10. The molecule has 0 rings (SSSR count). The summed E-state index contributed by atoms with van der Waals surface area (Å²) in [6.45, 7) is 7.76. The third kappa shape index (κ3) is 21.7. The zero-order chi connectivity index (χ0) is 17.6. The van der Waals surface area contributed by atoms with Crippen molar-refractivity contribution in [3.8, 4) is 0 Å². The van der Waals surface area contributed by atoms with Gasteiger partial charge in [0.15, 0.2) is 0 Å². The molecule has 0 amide bonds. The van der Waals surface area contributed by atoms with Gasteiger partial charge in [-0.1, -0.05) is 63.5 Å². The van der Waals surface area contributed by atoms with Crippen LogP contribution in [0.15, 0.2) is 12.2 Å². The van der Waals surface area contributed by atoms with Crippen molar-refractivity contribution in [1.29, 1.82) is 0 Å². The lowest BCUT2D eigenvalue weighted by atomic mass is 10.1. The molecule has 0 spiro atoms. The molecule has 0 bridgehead atoms. The fourth-order valence-corrected chi connectivity index (χ4v) is 2.87. The van der Waals surface area contributed by atoms with Crippen LogP contribution < -0.4 is 0 Å². The normalized spacial score (nSPS) is 11.6. The topological polar surface area (TPSA) is 18.5 Å². The van der Waals surface area contributed by atoms with Crippen LogP contribution in [0.25, 0.3) is 0 Å². The van der Waals surface area contributed by atoms with E-state index in [0.29, 0.717) is 0 Å². The van der Waals surface area contributed by atoms with Gasteiger partial charge in [0, 0.05) is 26.4 Å². The summed E-state index contributed by atoms with van der Waals surface area (Å²) in [6, 6.07) is 0. The molecule has 0 atom stereocenters. The van der Waals surface area contributed by atoms with E-state index in [4.69, 9.17) is 9.47 Å². The Hall–Kier alpha value is -0.340. The first kappa shape index (κ1) is 23.7. The van der Waals surface area contributed by atoms with Crippen LogP contribution in [0, 0.1) is 0 Å². The van der Waals surface area contributed by atoms with Gasteiger partial charge in [-0.2, -0.15) is 0 Å². The molecule has 0 heterocycles. The summed E-state index contributed by atoms with van der Waals surface area (Å²) in [6.07, 6.45) is 23.5. The Morgan fingerprint density at radius 1 is 0.458 bits per heavy atom. The van der Waals surface area contributed by atoms with Crippen LogP contribution in [-0.2, 0) is 9.47 Å². The van der Waals surface area contributed by atoms with Gasteiger partial charge in [-0.3, -0.25) is 0 Å². The van der Waals surface area contributed by atoms with E-state index in [1.807, 2.05) is 0 Å². The van der Waals surface area contributed by atoms with E-state index in [-0.39, 0.29) is 0 Å². The molecule has 0 radical (unpaired) electrons. The molecule has 0 N–H and O–H groups in total. The Morgan fingerprint density at radius 3 is 1.17 bits per heavy atom. The smallest absolute Gasteiger partial charge is 0.0465 e. The highest BCUT2D eigenvalue weighted by Gasteiger charge is 1.92. The van der Waals surface area contributed by atoms with Gasteiger partial charge in [0.2, 0.25) is 0 Å². The summed E-state index contributed by atoms with van der Waals surface area (Å²) in [4.78, 5) is 0. The molecule has 0 fully saturated rings. The monoisotopic (exact) mass is 340 g/mol. The number of ether oxygens (including phenoxy) is 2. The average Bonchev–Trinajstić information content (AvgIpc) is 2.60. The number of rotatable bonds is 20. The molecule has 0 aliphatic heterocycles. The van der Waals surface area contributed by atoms with Gasteiger partial charge in [-0.25, -0.2) is 0 Å². The van der Waals surface area contributed by atoms with Crippen LogP contribution >= 0.6 is 0 Å². The number of allylic oxidation sites excluding steroid dienone is 2. The Morgan fingerprint density at radius 2 is 0.792 bits per heavy atom. The average molecular weight is 341 g/mol. The maximum absolute atomic E-state index is 5.35. The number of unbranched alkanes of at least 4 members (excludes halogenated alkanes) is 12. The summed E-state index contributed by atoms with van der Waals surface area (Å²) in [5.41, 5.74) is 0. The van der Waals surface area contributed by atoms with Gasteiger partial charge in [-0.15, -0.1) is 0 Å². The van der Waals surface area contributed by atoms with Crippen molar-refractivity contribution in [3.05, 3.63) is 12.2 Å². The van der Waals surface area contributed by atoms with Gasteiger partial charge in [0.25, 0.3) is 0 Å². The molecule has 24 heavy (non-hydrogen) atoms. The van der Waals surface area contributed by atoms with Crippen molar-refractivity contribution < 1.29 is 9.47 Å². The molecule has 2 nitrogen and oxygen atoms in total. The molecule has 0 unspecified atom stereocenters. The van der Waals surface area contributed by atoms with Gasteiger partial charge in [0.1, 0.15) is 0 Å². The second-order valence-electron chi connectivity index (χ2n) is 6.69. The zero-order valence-corrected chi connectivity index (χ0v) is 16.7. The minimum absolute atomic E-state index is 0.862. The lowest BCUT2D eigenvalue weighted by Gasteiger charge is -2.02. The Labute approximate surface area is 152 Å². The Balaban J connectivity index is 3.04. The molecule has 2 heteroatoms. The second-order valence-corrected chi connectivity index (χ2v) is 6.69. The maximum Gasteiger partial charge on any atom is 0.0465 e. The molecule has 0 aliphatic carbocycles. The molecular formula is C22H44O2. The summed E-state index contributed by atoms with van der Waals surface area (Å²) in [5.74, 6) is 0. The van der Waals surface area contributed by atoms with Crippen molar-refractivity contribution in [2.45, 2.75) is 104 Å². The van der Waals surface area contributed by atoms with Crippen LogP contribution in [0.5, 0.6) is 0 Å². The molecule has 0 aliphatic rings. The second kappa shape index (κ2) is 22.7. The fourth-order valence-electron chi connectivity index (χ4n) is 2.87. The predicted molar refractivity (Wildman–Crippen MR) is 107 cm³/mol. The lowest BCUT2D eigenvalue weighted by Crippen LogP contribution is -1.92. The van der Waals surface area contributed by atoms with E-state index >= 15 is 0 Å². The SMILES string of the molecule is CCOCCCCCCCCC=CCCCCCCCCOCC. The summed E-state index contributed by atoms with van der Waals surface area (Å²) >= 11 is 0. The van der Waals surface area contributed by atoms with Crippen molar-refractivity contribution in [2.24, 2.45) is 0 Å². The van der Waals surface area contributed by atoms with Gasteiger partial charge in [-0.05, 0) is 52.4 Å². The van der Waals surface area contributed by atoms with E-state index in [9.17, 15) is 0 Å². The zero-order valence-electron chi connectivity index (χ0n) is 16.7. The maximum atomic E-state index is 5.35. The van der Waals surface area contributed by atoms with Crippen molar-refractivity contribution in [3.63, 3.8) is 0 Å². The highest BCUT2D eigenvalue weighted by atomic mass is 16.5. The molecular weight excluding hydrogens is 296 g/mol. The van der Waals surface area contributed by atoms with Gasteiger partial charge in [0.05, 0.1) is 0 Å². The number of hydrogen-bond acceptors (Lipinski definition) is 2. The van der Waals surface area contributed by atoms with Gasteiger partial charge >= 0.3 is 0 Å². The molecule has 144 valence electrons. The standard InChI is InChI=1S/C22H44O2/c1-3-23-21-19-17-15-13-11-9-7-5-6-8-10-12-14-16-18-20-22-24-4-2/h5-6H,3-4,7-22H2,1-2H3. The van der Waals surface area contributed by atoms with Crippen LogP contribution in [0.1, 0.15) is 104 Å². The van der Waals surface area contributed by atoms with Crippen molar-refractivity contribution >= 4 is 0 Å². The summed E-state index contributed by atoms with van der Waals surface area (Å²) in [5, 5.41) is 0. The third-order valence-electron chi connectivity index (χ3n) is 4.39. The van der Waals surface area contributed by atoms with Gasteiger partial charge < -0.3 is 9.47 Å². The third-order valence-corrected chi connectivity index (χ3v) is 4.39. The minimum atomic E-state index is 0.862. The molecule has 0 saturated heterocycles. The van der Waals surface area contributed by atoms with E-state index in [0.717, 1.165) is 26.4 Å². The Bertz CT molecular complexity index is 214. The molecule has 0 aromatic rings. The first-order chi connectivity index (χ1) is 11.9. The van der Waals surface area contributed by atoms with Crippen molar-refractivity contribution in [1.82, 2.24) is 0 Å². The quantitative estimate of drug-likeness (QED) is 0.174.